The minimum Gasteiger partial charge on any atom is -0.495 e. The van der Waals surface area contributed by atoms with Crippen molar-refractivity contribution < 1.29 is 17.6 Å². The molecule has 0 aliphatic carbocycles. The number of thiocarbonyl (C=S) groups is 1. The lowest BCUT2D eigenvalue weighted by Gasteiger charge is -2.18. The van der Waals surface area contributed by atoms with E-state index in [1.54, 1.807) is 30.5 Å². The Balaban J connectivity index is 1.76. The van der Waals surface area contributed by atoms with Gasteiger partial charge < -0.3 is 19.8 Å². The third kappa shape index (κ3) is 4.17. The van der Waals surface area contributed by atoms with Crippen LogP contribution in [-0.4, -0.2) is 38.0 Å². The molecule has 0 saturated carbocycles. The number of hydrogen-bond donors (Lipinski definition) is 2. The summed E-state index contributed by atoms with van der Waals surface area (Å²) < 4.78 is 37.6. The Morgan fingerprint density at radius 2 is 2.08 bits per heavy atom. The zero-order valence-corrected chi connectivity index (χ0v) is 16.0. The van der Waals surface area contributed by atoms with Crippen LogP contribution in [0.25, 0.3) is 0 Å². The van der Waals surface area contributed by atoms with Gasteiger partial charge in [-0.05, 0) is 55.4 Å². The Morgan fingerprint density at radius 1 is 1.31 bits per heavy atom. The molecule has 0 amide bonds. The van der Waals surface area contributed by atoms with Gasteiger partial charge in [0.15, 0.2) is 5.11 Å². The molecular formula is C17H21N3O4S2. The molecule has 3 rings (SSSR count). The molecule has 0 unspecified atom stereocenters. The first kappa shape index (κ1) is 18.7. The molecule has 1 aliphatic rings. The van der Waals surface area contributed by atoms with E-state index in [2.05, 4.69) is 10.6 Å². The van der Waals surface area contributed by atoms with Crippen LogP contribution in [0.2, 0.25) is 0 Å². The van der Waals surface area contributed by atoms with Crippen molar-refractivity contribution in [1.29, 1.82) is 0 Å². The highest BCUT2D eigenvalue weighted by Crippen LogP contribution is 2.30. The highest BCUT2D eigenvalue weighted by molar-refractivity contribution is 7.89. The quantitative estimate of drug-likeness (QED) is 0.727. The largest absolute Gasteiger partial charge is 0.495 e. The molecule has 7 nitrogen and oxygen atoms in total. The Kier molecular flexibility index (Phi) is 5.80. The summed E-state index contributed by atoms with van der Waals surface area (Å²) in [6, 6.07) is 8.35. The normalized spacial score (nSPS) is 15.0. The number of nitrogens with zero attached hydrogens (tertiary/aromatic N) is 1. The van der Waals surface area contributed by atoms with Crippen LogP contribution in [0.1, 0.15) is 18.6 Å². The molecule has 2 N–H and O–H groups in total. The molecule has 0 radical (unpaired) electrons. The second-order valence-electron chi connectivity index (χ2n) is 5.86. The maximum atomic E-state index is 12.7. The predicted octanol–water partition coefficient (Wildman–Crippen LogP) is 2.56. The van der Waals surface area contributed by atoms with Gasteiger partial charge in [0.25, 0.3) is 0 Å². The van der Waals surface area contributed by atoms with Crippen LogP contribution < -0.4 is 15.4 Å². The summed E-state index contributed by atoms with van der Waals surface area (Å²) in [5.74, 6) is 1.25. The van der Waals surface area contributed by atoms with Crippen molar-refractivity contribution >= 4 is 33.0 Å². The average Bonchev–Trinajstić information content (AvgIpc) is 3.33. The first-order valence-corrected chi connectivity index (χ1v) is 10.1. The van der Waals surface area contributed by atoms with Gasteiger partial charge in [-0.2, -0.15) is 4.31 Å². The fraction of sp³-hybridized carbons (Fsp3) is 0.353. The second kappa shape index (κ2) is 8.07. The molecule has 0 bridgehead atoms. The number of hydrogen-bond acceptors (Lipinski definition) is 5. The van der Waals surface area contributed by atoms with E-state index in [4.69, 9.17) is 21.4 Å². The number of anilines is 1. The van der Waals surface area contributed by atoms with Crippen molar-refractivity contribution in [3.05, 3.63) is 42.4 Å². The van der Waals surface area contributed by atoms with E-state index in [-0.39, 0.29) is 4.90 Å². The van der Waals surface area contributed by atoms with Gasteiger partial charge in [0, 0.05) is 13.1 Å². The minimum absolute atomic E-state index is 0.219. The van der Waals surface area contributed by atoms with Crippen LogP contribution in [0.3, 0.4) is 0 Å². The van der Waals surface area contributed by atoms with Crippen LogP contribution in [0.15, 0.2) is 45.9 Å². The van der Waals surface area contributed by atoms with Crippen LogP contribution >= 0.6 is 12.2 Å². The molecule has 1 saturated heterocycles. The lowest BCUT2D eigenvalue weighted by molar-refractivity contribution is 0.416. The molecule has 1 fully saturated rings. The highest BCUT2D eigenvalue weighted by atomic mass is 32.2. The summed E-state index contributed by atoms with van der Waals surface area (Å²) in [6.07, 6.45) is 3.37. The molecule has 1 aromatic heterocycles. The predicted molar refractivity (Wildman–Crippen MR) is 103 cm³/mol. The van der Waals surface area contributed by atoms with Crippen LogP contribution in [0.5, 0.6) is 5.75 Å². The molecule has 0 atom stereocenters. The first-order chi connectivity index (χ1) is 12.5. The maximum Gasteiger partial charge on any atom is 0.243 e. The number of nitrogens with one attached hydrogen (secondary N) is 2. The van der Waals surface area contributed by atoms with Gasteiger partial charge >= 0.3 is 0 Å². The fourth-order valence-electron chi connectivity index (χ4n) is 2.77. The molecule has 2 aromatic rings. The first-order valence-electron chi connectivity index (χ1n) is 8.26. The summed E-state index contributed by atoms with van der Waals surface area (Å²) in [4.78, 5) is 0.219. The van der Waals surface area contributed by atoms with Gasteiger partial charge in [-0.25, -0.2) is 8.42 Å². The Morgan fingerprint density at radius 3 is 2.73 bits per heavy atom. The number of sulfonamides is 1. The molecule has 2 heterocycles. The van der Waals surface area contributed by atoms with Crippen molar-refractivity contribution in [3.8, 4) is 5.75 Å². The van der Waals surface area contributed by atoms with Gasteiger partial charge in [-0.3, -0.25) is 0 Å². The van der Waals surface area contributed by atoms with E-state index >= 15 is 0 Å². The van der Waals surface area contributed by atoms with Crippen LogP contribution in [-0.2, 0) is 16.6 Å². The van der Waals surface area contributed by atoms with Gasteiger partial charge in [0.05, 0.1) is 30.5 Å². The Hall–Kier alpha value is -2.10. The molecule has 1 aromatic carbocycles. The number of methoxy groups -OCH3 is 1. The zero-order valence-electron chi connectivity index (χ0n) is 14.4. The Bertz CT molecular complexity index is 860. The third-order valence-electron chi connectivity index (χ3n) is 4.13. The van der Waals surface area contributed by atoms with E-state index in [1.165, 1.54) is 11.4 Å². The highest BCUT2D eigenvalue weighted by Gasteiger charge is 2.27. The van der Waals surface area contributed by atoms with Crippen molar-refractivity contribution in [2.75, 3.05) is 25.5 Å². The van der Waals surface area contributed by atoms with Crippen molar-refractivity contribution in [1.82, 2.24) is 9.62 Å². The van der Waals surface area contributed by atoms with Crippen LogP contribution in [0, 0.1) is 0 Å². The lowest BCUT2D eigenvalue weighted by Crippen LogP contribution is -2.29. The summed E-state index contributed by atoms with van der Waals surface area (Å²) in [7, 11) is -1.99. The van der Waals surface area contributed by atoms with E-state index < -0.39 is 10.0 Å². The number of rotatable bonds is 6. The standard InChI is InChI=1S/C17H21N3O4S2/c1-23-16-7-6-14(26(21,22)20-8-2-3-9-20)11-15(16)19-17(25)18-12-13-5-4-10-24-13/h4-7,10-11H,2-3,8-9,12H2,1H3,(H2,18,19,25). The summed E-state index contributed by atoms with van der Waals surface area (Å²) in [5, 5.41) is 6.35. The van der Waals surface area contributed by atoms with Crippen LogP contribution in [0.4, 0.5) is 5.69 Å². The zero-order chi connectivity index (χ0) is 18.6. The molecule has 1 aliphatic heterocycles. The van der Waals surface area contributed by atoms with Gasteiger partial charge in [0.2, 0.25) is 10.0 Å². The number of ether oxygens (including phenoxy) is 1. The molecular weight excluding hydrogens is 374 g/mol. The van der Waals surface area contributed by atoms with Gasteiger partial charge in [-0.15, -0.1) is 0 Å². The van der Waals surface area contributed by atoms with E-state index in [9.17, 15) is 8.42 Å². The van der Waals surface area contributed by atoms with Gasteiger partial charge in [0.1, 0.15) is 11.5 Å². The second-order valence-corrected chi connectivity index (χ2v) is 8.21. The third-order valence-corrected chi connectivity index (χ3v) is 6.27. The summed E-state index contributed by atoms with van der Waals surface area (Å²) in [6.45, 7) is 1.54. The maximum absolute atomic E-state index is 12.7. The number of furan rings is 1. The monoisotopic (exact) mass is 395 g/mol. The molecule has 140 valence electrons. The van der Waals surface area contributed by atoms with Gasteiger partial charge in [-0.1, -0.05) is 0 Å². The molecule has 26 heavy (non-hydrogen) atoms. The van der Waals surface area contributed by atoms with Crippen molar-refractivity contribution in [2.24, 2.45) is 0 Å². The van der Waals surface area contributed by atoms with E-state index in [0.717, 1.165) is 18.6 Å². The average molecular weight is 396 g/mol. The SMILES string of the molecule is COc1ccc(S(=O)(=O)N2CCCC2)cc1NC(=S)NCc1ccco1. The van der Waals surface area contributed by atoms with Crippen molar-refractivity contribution in [3.63, 3.8) is 0 Å². The van der Waals surface area contributed by atoms with E-state index in [0.29, 0.717) is 36.2 Å². The molecule has 0 spiro atoms. The van der Waals surface area contributed by atoms with E-state index in [1.807, 2.05) is 6.07 Å². The minimum atomic E-state index is -3.51. The number of benzene rings is 1. The Labute approximate surface area is 158 Å². The lowest BCUT2D eigenvalue weighted by atomic mass is 10.3. The fourth-order valence-corrected chi connectivity index (χ4v) is 4.50. The molecule has 9 heteroatoms. The summed E-state index contributed by atoms with van der Waals surface area (Å²) >= 11 is 5.28. The van der Waals surface area contributed by atoms with Crippen molar-refractivity contribution in [2.45, 2.75) is 24.3 Å². The smallest absolute Gasteiger partial charge is 0.243 e. The summed E-state index contributed by atoms with van der Waals surface area (Å²) in [5.41, 5.74) is 0.490. The topological polar surface area (TPSA) is 83.8 Å².